The zero-order valence-electron chi connectivity index (χ0n) is 17.0. The van der Waals surface area contributed by atoms with E-state index in [-0.39, 0.29) is 36.6 Å². The summed E-state index contributed by atoms with van der Waals surface area (Å²) in [6.45, 7) is 1.15. The van der Waals surface area contributed by atoms with Crippen molar-refractivity contribution in [2.75, 3.05) is 40.3 Å². The highest BCUT2D eigenvalue weighted by Gasteiger charge is 2.31. The highest BCUT2D eigenvalue weighted by atomic mass is 127. The number of benzene rings is 1. The number of nitrogens with one attached hydrogen (secondary N) is 2. The highest BCUT2D eigenvalue weighted by molar-refractivity contribution is 14.0. The van der Waals surface area contributed by atoms with Gasteiger partial charge in [0.15, 0.2) is 5.96 Å². The van der Waals surface area contributed by atoms with Crippen LogP contribution >= 0.6 is 35.6 Å². The molecule has 0 radical (unpaired) electrons. The third-order valence-corrected chi connectivity index (χ3v) is 4.97. The molecule has 30 heavy (non-hydrogen) atoms. The lowest BCUT2D eigenvalue weighted by molar-refractivity contribution is -0.157. The van der Waals surface area contributed by atoms with Crippen molar-refractivity contribution < 1.29 is 18.0 Å². The van der Waals surface area contributed by atoms with Gasteiger partial charge in [-0.25, -0.2) is 0 Å². The Kier molecular flexibility index (Phi) is 11.2. The quantitative estimate of drug-likeness (QED) is 0.319. The first-order chi connectivity index (χ1) is 13.7. The van der Waals surface area contributed by atoms with Gasteiger partial charge >= 0.3 is 6.18 Å². The summed E-state index contributed by atoms with van der Waals surface area (Å²) in [5, 5.41) is 6.76. The van der Waals surface area contributed by atoms with E-state index in [0.29, 0.717) is 10.9 Å². The third-order valence-electron chi connectivity index (χ3n) is 4.72. The van der Waals surface area contributed by atoms with Gasteiger partial charge in [-0.1, -0.05) is 23.7 Å². The average Bonchev–Trinajstić information content (AvgIpc) is 2.66. The number of likely N-dealkylation sites (N-methyl/N-ethyl adjacent to an activating group) is 1. The minimum absolute atomic E-state index is 0. The fourth-order valence-electron chi connectivity index (χ4n) is 3.12. The van der Waals surface area contributed by atoms with Crippen LogP contribution in [-0.2, 0) is 11.3 Å². The van der Waals surface area contributed by atoms with Gasteiger partial charge in [-0.05, 0) is 30.5 Å². The fourth-order valence-corrected chi connectivity index (χ4v) is 3.25. The van der Waals surface area contributed by atoms with E-state index in [1.165, 1.54) is 5.56 Å². The molecule has 1 amide bonds. The van der Waals surface area contributed by atoms with Crippen molar-refractivity contribution in [1.29, 1.82) is 0 Å². The number of amides is 1. The maximum Gasteiger partial charge on any atom is 0.406 e. The molecule has 11 heteroatoms. The summed E-state index contributed by atoms with van der Waals surface area (Å²) in [6.07, 6.45) is -2.61. The number of halogens is 5. The van der Waals surface area contributed by atoms with Crippen LogP contribution in [0.25, 0.3) is 0 Å². The molecule has 2 N–H and O–H groups in total. The van der Waals surface area contributed by atoms with Gasteiger partial charge in [0.2, 0.25) is 5.91 Å². The molecule has 0 aromatic heterocycles. The topological polar surface area (TPSA) is 60.0 Å². The molecule has 0 aliphatic carbocycles. The lowest BCUT2D eigenvalue weighted by atomic mass is 10.0. The summed E-state index contributed by atoms with van der Waals surface area (Å²) in [5.41, 5.74) is 1.21. The summed E-state index contributed by atoms with van der Waals surface area (Å²) in [4.78, 5) is 18.9. The molecule has 1 heterocycles. The Morgan fingerprint density at radius 1 is 1.27 bits per heavy atom. The van der Waals surface area contributed by atoms with E-state index in [1.807, 2.05) is 24.3 Å². The number of hydrogen-bond donors (Lipinski definition) is 2. The van der Waals surface area contributed by atoms with Crippen LogP contribution in [0.5, 0.6) is 0 Å². The number of likely N-dealkylation sites (tertiary alicyclic amines) is 1. The first-order valence-corrected chi connectivity index (χ1v) is 9.79. The Hall–Kier alpha value is -1.27. The van der Waals surface area contributed by atoms with Crippen molar-refractivity contribution in [2.45, 2.75) is 31.6 Å². The number of rotatable bonds is 6. The molecule has 1 aliphatic rings. The van der Waals surface area contributed by atoms with E-state index in [1.54, 1.807) is 7.05 Å². The summed E-state index contributed by atoms with van der Waals surface area (Å²) in [7, 11) is 2.69. The molecule has 0 atom stereocenters. The van der Waals surface area contributed by atoms with Gasteiger partial charge in [0, 0.05) is 44.8 Å². The molecule has 1 aromatic rings. The molecule has 1 fully saturated rings. The molecule has 0 unspecified atom stereocenters. The molecule has 1 saturated heterocycles. The number of aliphatic imine (C=N–C) groups is 1. The molecule has 1 aliphatic heterocycles. The van der Waals surface area contributed by atoms with Crippen molar-refractivity contribution in [1.82, 2.24) is 20.4 Å². The molecule has 6 nitrogen and oxygen atoms in total. The predicted molar refractivity (Wildman–Crippen MR) is 123 cm³/mol. The van der Waals surface area contributed by atoms with Crippen molar-refractivity contribution in [3.8, 4) is 0 Å². The van der Waals surface area contributed by atoms with Crippen LogP contribution in [0.15, 0.2) is 29.3 Å². The van der Waals surface area contributed by atoms with E-state index in [0.717, 1.165) is 44.5 Å². The number of alkyl halides is 3. The van der Waals surface area contributed by atoms with Crippen LogP contribution in [0, 0.1) is 0 Å². The number of hydrogen-bond acceptors (Lipinski definition) is 3. The van der Waals surface area contributed by atoms with E-state index < -0.39 is 18.6 Å². The molecule has 0 spiro atoms. The highest BCUT2D eigenvalue weighted by Crippen LogP contribution is 2.16. The normalized spacial score (nSPS) is 16.0. The summed E-state index contributed by atoms with van der Waals surface area (Å²) < 4.78 is 37.1. The number of carbonyl (C=O) groups excluding carboxylic acids is 1. The fraction of sp³-hybridized carbons (Fsp3) is 0.579. The number of carbonyl (C=O) groups is 1. The Labute approximate surface area is 197 Å². The average molecular weight is 562 g/mol. The van der Waals surface area contributed by atoms with Gasteiger partial charge in [0.05, 0.1) is 6.54 Å². The van der Waals surface area contributed by atoms with Gasteiger partial charge < -0.3 is 15.5 Å². The van der Waals surface area contributed by atoms with E-state index in [9.17, 15) is 18.0 Å². The standard InChI is InChI=1S/C19H27ClF3N5O.HI/c1-24-18(25-11-17(29)27(2)13-19(21,22)23)26-16-7-9-28(10-8-16)12-14-3-5-15(20)6-4-14;/h3-6,16H,7-13H2,1-2H3,(H2,24,25,26);1H. The zero-order valence-corrected chi connectivity index (χ0v) is 20.1. The minimum atomic E-state index is -4.41. The molecule has 0 saturated carbocycles. The Bertz CT molecular complexity index is 694. The molecule has 1 aromatic carbocycles. The number of guanidine groups is 1. The zero-order chi connectivity index (χ0) is 21.4. The summed E-state index contributed by atoms with van der Waals surface area (Å²) >= 11 is 5.91. The molecule has 2 rings (SSSR count). The van der Waals surface area contributed by atoms with E-state index in [4.69, 9.17) is 11.6 Å². The summed E-state index contributed by atoms with van der Waals surface area (Å²) in [6, 6.07) is 7.99. The Balaban J connectivity index is 0.00000450. The monoisotopic (exact) mass is 561 g/mol. The minimum Gasteiger partial charge on any atom is -0.354 e. The van der Waals surface area contributed by atoms with Crippen LogP contribution < -0.4 is 10.6 Å². The third kappa shape index (κ3) is 9.69. The van der Waals surface area contributed by atoms with Gasteiger partial charge in [-0.2, -0.15) is 13.2 Å². The van der Waals surface area contributed by atoms with Crippen LogP contribution in [0.2, 0.25) is 5.02 Å². The maximum atomic E-state index is 12.4. The van der Waals surface area contributed by atoms with Crippen LogP contribution in [0.1, 0.15) is 18.4 Å². The first-order valence-electron chi connectivity index (χ1n) is 9.41. The SMILES string of the molecule is CN=C(NCC(=O)N(C)CC(F)(F)F)NC1CCN(Cc2ccc(Cl)cc2)CC1.I. The van der Waals surface area contributed by atoms with Crippen LogP contribution in [0.3, 0.4) is 0 Å². The lowest BCUT2D eigenvalue weighted by Gasteiger charge is -2.33. The van der Waals surface area contributed by atoms with E-state index >= 15 is 0 Å². The summed E-state index contributed by atoms with van der Waals surface area (Å²) in [5.74, 6) is -0.238. The second-order valence-electron chi connectivity index (χ2n) is 7.11. The molecular formula is C19H28ClF3IN5O. The van der Waals surface area contributed by atoms with Gasteiger partial charge in [0.25, 0.3) is 0 Å². The Morgan fingerprint density at radius 3 is 2.40 bits per heavy atom. The van der Waals surface area contributed by atoms with Crippen molar-refractivity contribution in [2.24, 2.45) is 4.99 Å². The largest absolute Gasteiger partial charge is 0.406 e. The number of piperidine rings is 1. The van der Waals surface area contributed by atoms with Crippen LogP contribution in [-0.4, -0.2) is 74.2 Å². The van der Waals surface area contributed by atoms with Gasteiger partial charge in [0.1, 0.15) is 6.54 Å². The van der Waals surface area contributed by atoms with Crippen molar-refractivity contribution >= 4 is 47.4 Å². The van der Waals surface area contributed by atoms with Crippen LogP contribution in [0.4, 0.5) is 13.2 Å². The number of nitrogens with zero attached hydrogens (tertiary/aromatic N) is 3. The first kappa shape index (κ1) is 26.8. The molecule has 170 valence electrons. The Morgan fingerprint density at radius 2 is 1.87 bits per heavy atom. The molecular weight excluding hydrogens is 534 g/mol. The lowest BCUT2D eigenvalue weighted by Crippen LogP contribution is -2.50. The van der Waals surface area contributed by atoms with Gasteiger partial charge in [-0.3, -0.25) is 14.7 Å². The second-order valence-corrected chi connectivity index (χ2v) is 7.55. The second kappa shape index (κ2) is 12.6. The van der Waals surface area contributed by atoms with E-state index in [2.05, 4.69) is 20.5 Å². The predicted octanol–water partition coefficient (Wildman–Crippen LogP) is 3.11. The van der Waals surface area contributed by atoms with Gasteiger partial charge in [-0.15, -0.1) is 24.0 Å². The van der Waals surface area contributed by atoms with Crippen molar-refractivity contribution in [3.05, 3.63) is 34.9 Å². The smallest absolute Gasteiger partial charge is 0.354 e. The molecule has 0 bridgehead atoms. The van der Waals surface area contributed by atoms with Crippen molar-refractivity contribution in [3.63, 3.8) is 0 Å². The maximum absolute atomic E-state index is 12.4.